The standard InChI is InChI=1S/C19H22N6OS/c1-3-11-20-17-22-15(4-2)23-18(25-17)26-16-10-12-21-19(24-16)27-13-14-8-6-5-7-9-14/h5-10,12H,3-4,11,13H2,1-2H3,(H,20,22,23,25). The van der Waals surface area contributed by atoms with Gasteiger partial charge in [-0.2, -0.15) is 19.9 Å². The lowest BCUT2D eigenvalue weighted by molar-refractivity contribution is 0.415. The summed E-state index contributed by atoms with van der Waals surface area (Å²) < 4.78 is 5.77. The van der Waals surface area contributed by atoms with Gasteiger partial charge in [-0.1, -0.05) is 55.9 Å². The summed E-state index contributed by atoms with van der Waals surface area (Å²) >= 11 is 1.55. The zero-order valence-electron chi connectivity index (χ0n) is 15.4. The van der Waals surface area contributed by atoms with Gasteiger partial charge in [0.2, 0.25) is 11.8 Å². The molecule has 0 atom stereocenters. The molecule has 1 aromatic carbocycles. The van der Waals surface area contributed by atoms with Crippen LogP contribution in [0.2, 0.25) is 0 Å². The van der Waals surface area contributed by atoms with E-state index in [0.29, 0.717) is 29.2 Å². The van der Waals surface area contributed by atoms with Crippen LogP contribution in [0.15, 0.2) is 47.8 Å². The van der Waals surface area contributed by atoms with Crippen LogP contribution in [0.1, 0.15) is 31.7 Å². The summed E-state index contributed by atoms with van der Waals surface area (Å²) in [6, 6.07) is 12.1. The SMILES string of the molecule is CCCNc1nc(CC)nc(Oc2ccnc(SCc3ccccc3)n2)n1. The highest BCUT2D eigenvalue weighted by Crippen LogP contribution is 2.22. The number of nitrogens with one attached hydrogen (secondary N) is 1. The Morgan fingerprint density at radius 3 is 2.63 bits per heavy atom. The van der Waals surface area contributed by atoms with Crippen LogP contribution < -0.4 is 10.1 Å². The van der Waals surface area contributed by atoms with Gasteiger partial charge in [0.1, 0.15) is 5.82 Å². The van der Waals surface area contributed by atoms with E-state index in [9.17, 15) is 0 Å². The van der Waals surface area contributed by atoms with Crippen LogP contribution in [-0.4, -0.2) is 31.5 Å². The third-order valence-electron chi connectivity index (χ3n) is 3.53. The van der Waals surface area contributed by atoms with Crippen molar-refractivity contribution in [1.82, 2.24) is 24.9 Å². The first-order valence-corrected chi connectivity index (χ1v) is 9.91. The van der Waals surface area contributed by atoms with Crippen LogP contribution in [0, 0.1) is 0 Å². The molecule has 0 aliphatic heterocycles. The molecule has 0 saturated heterocycles. The summed E-state index contributed by atoms with van der Waals surface area (Å²) in [5.74, 6) is 2.40. The van der Waals surface area contributed by atoms with E-state index in [4.69, 9.17) is 4.74 Å². The first-order chi connectivity index (χ1) is 13.3. The number of rotatable bonds is 9. The summed E-state index contributed by atoms with van der Waals surface area (Å²) in [6.45, 7) is 4.87. The number of benzene rings is 1. The Labute approximate surface area is 163 Å². The monoisotopic (exact) mass is 382 g/mol. The average Bonchev–Trinajstić information content (AvgIpc) is 2.71. The predicted octanol–water partition coefficient (Wildman–Crippen LogP) is 4.13. The maximum Gasteiger partial charge on any atom is 0.328 e. The number of thioether (sulfide) groups is 1. The molecule has 0 radical (unpaired) electrons. The van der Waals surface area contributed by atoms with E-state index in [0.717, 1.165) is 18.7 Å². The maximum atomic E-state index is 5.77. The fraction of sp³-hybridized carbons (Fsp3) is 0.316. The largest absolute Gasteiger partial charge is 0.405 e. The number of aromatic nitrogens is 5. The van der Waals surface area contributed by atoms with Crippen LogP contribution >= 0.6 is 11.8 Å². The highest BCUT2D eigenvalue weighted by atomic mass is 32.2. The van der Waals surface area contributed by atoms with Crippen molar-refractivity contribution in [1.29, 1.82) is 0 Å². The van der Waals surface area contributed by atoms with Crippen molar-refractivity contribution in [3.05, 3.63) is 54.0 Å². The summed E-state index contributed by atoms with van der Waals surface area (Å²) in [5, 5.41) is 3.81. The molecule has 7 nitrogen and oxygen atoms in total. The summed E-state index contributed by atoms with van der Waals surface area (Å²) in [7, 11) is 0. The van der Waals surface area contributed by atoms with E-state index >= 15 is 0 Å². The molecule has 0 saturated carbocycles. The highest BCUT2D eigenvalue weighted by molar-refractivity contribution is 7.98. The molecule has 0 fully saturated rings. The molecule has 0 aliphatic carbocycles. The highest BCUT2D eigenvalue weighted by Gasteiger charge is 2.09. The fourth-order valence-electron chi connectivity index (χ4n) is 2.19. The first-order valence-electron chi connectivity index (χ1n) is 8.93. The number of hydrogen-bond acceptors (Lipinski definition) is 8. The van der Waals surface area contributed by atoms with Crippen molar-refractivity contribution in [2.75, 3.05) is 11.9 Å². The van der Waals surface area contributed by atoms with Crippen molar-refractivity contribution >= 4 is 17.7 Å². The Balaban J connectivity index is 1.70. The molecule has 0 bridgehead atoms. The quantitative estimate of drug-likeness (QED) is 0.437. The molecule has 27 heavy (non-hydrogen) atoms. The van der Waals surface area contributed by atoms with Gasteiger partial charge in [-0.3, -0.25) is 0 Å². The van der Waals surface area contributed by atoms with Crippen molar-refractivity contribution < 1.29 is 4.74 Å². The second kappa shape index (κ2) is 9.82. The molecule has 3 rings (SSSR count). The molecule has 8 heteroatoms. The number of anilines is 1. The minimum absolute atomic E-state index is 0.234. The smallest absolute Gasteiger partial charge is 0.328 e. The number of ether oxygens (including phenoxy) is 1. The van der Waals surface area contributed by atoms with Crippen LogP contribution in [0.5, 0.6) is 11.9 Å². The molecule has 0 amide bonds. The van der Waals surface area contributed by atoms with Gasteiger partial charge >= 0.3 is 6.01 Å². The van der Waals surface area contributed by atoms with E-state index in [1.54, 1.807) is 24.0 Å². The van der Waals surface area contributed by atoms with Crippen LogP contribution in [0.3, 0.4) is 0 Å². The van der Waals surface area contributed by atoms with E-state index in [-0.39, 0.29) is 6.01 Å². The molecule has 0 spiro atoms. The maximum absolute atomic E-state index is 5.77. The van der Waals surface area contributed by atoms with Crippen molar-refractivity contribution in [2.45, 2.75) is 37.6 Å². The van der Waals surface area contributed by atoms with Crippen molar-refractivity contribution in [3.8, 4) is 11.9 Å². The third-order valence-corrected chi connectivity index (χ3v) is 4.46. The number of nitrogens with zero attached hydrogens (tertiary/aromatic N) is 5. The predicted molar refractivity (Wildman–Crippen MR) is 106 cm³/mol. The zero-order chi connectivity index (χ0) is 18.9. The number of hydrogen-bond donors (Lipinski definition) is 1. The van der Waals surface area contributed by atoms with E-state index in [1.165, 1.54) is 5.56 Å². The minimum Gasteiger partial charge on any atom is -0.405 e. The molecule has 3 aromatic rings. The second-order valence-corrected chi connectivity index (χ2v) is 6.63. The Hall–Kier alpha value is -2.74. The van der Waals surface area contributed by atoms with Gasteiger partial charge in [0, 0.05) is 31.0 Å². The summed E-state index contributed by atoms with van der Waals surface area (Å²) in [6.07, 6.45) is 3.35. The second-order valence-electron chi connectivity index (χ2n) is 5.69. The molecule has 1 N–H and O–H groups in total. The van der Waals surface area contributed by atoms with Crippen molar-refractivity contribution in [2.24, 2.45) is 0 Å². The van der Waals surface area contributed by atoms with Gasteiger partial charge in [-0.15, -0.1) is 0 Å². The van der Waals surface area contributed by atoms with Gasteiger partial charge < -0.3 is 10.1 Å². The Morgan fingerprint density at radius 2 is 1.85 bits per heavy atom. The molecule has 0 unspecified atom stereocenters. The van der Waals surface area contributed by atoms with Crippen LogP contribution in [-0.2, 0) is 12.2 Å². The molecule has 2 heterocycles. The van der Waals surface area contributed by atoms with Crippen molar-refractivity contribution in [3.63, 3.8) is 0 Å². The lowest BCUT2D eigenvalue weighted by atomic mass is 10.2. The lowest BCUT2D eigenvalue weighted by Gasteiger charge is -2.08. The zero-order valence-corrected chi connectivity index (χ0v) is 16.2. The van der Waals surface area contributed by atoms with Crippen LogP contribution in [0.25, 0.3) is 0 Å². The van der Waals surface area contributed by atoms with Gasteiger partial charge in [-0.25, -0.2) is 4.98 Å². The van der Waals surface area contributed by atoms with E-state index in [2.05, 4.69) is 49.3 Å². The summed E-state index contributed by atoms with van der Waals surface area (Å²) in [4.78, 5) is 21.7. The van der Waals surface area contributed by atoms with E-state index < -0.39 is 0 Å². The fourth-order valence-corrected chi connectivity index (χ4v) is 2.96. The van der Waals surface area contributed by atoms with Gasteiger partial charge in [0.05, 0.1) is 0 Å². The third kappa shape index (κ3) is 5.89. The molecule has 2 aromatic heterocycles. The lowest BCUT2D eigenvalue weighted by Crippen LogP contribution is -2.09. The Kier molecular flexibility index (Phi) is 6.92. The first kappa shape index (κ1) is 19.0. The van der Waals surface area contributed by atoms with Gasteiger partial charge in [-0.05, 0) is 12.0 Å². The van der Waals surface area contributed by atoms with E-state index in [1.807, 2.05) is 25.1 Å². The van der Waals surface area contributed by atoms with Gasteiger partial charge in [0.15, 0.2) is 5.16 Å². The average molecular weight is 382 g/mol. The molecular weight excluding hydrogens is 360 g/mol. The van der Waals surface area contributed by atoms with Crippen LogP contribution in [0.4, 0.5) is 5.95 Å². The number of aryl methyl sites for hydroxylation is 1. The Bertz CT molecular complexity index is 862. The van der Waals surface area contributed by atoms with Gasteiger partial charge in [0.25, 0.3) is 0 Å². The molecule has 140 valence electrons. The summed E-state index contributed by atoms with van der Waals surface area (Å²) in [5.41, 5.74) is 1.22. The molecule has 0 aliphatic rings. The Morgan fingerprint density at radius 1 is 1.00 bits per heavy atom. The molecular formula is C19H22N6OS. The topological polar surface area (TPSA) is 85.7 Å². The minimum atomic E-state index is 0.234. The normalized spacial score (nSPS) is 10.6.